The van der Waals surface area contributed by atoms with Crippen molar-refractivity contribution in [2.24, 2.45) is 0 Å². The molecular weight excluding hydrogens is 384 g/mol. The molecule has 0 radical (unpaired) electrons. The highest BCUT2D eigenvalue weighted by atomic mass is 127. The van der Waals surface area contributed by atoms with Gasteiger partial charge in [-0.1, -0.05) is 18.0 Å². The maximum absolute atomic E-state index is 12.2. The highest BCUT2D eigenvalue weighted by molar-refractivity contribution is 14.1. The summed E-state index contributed by atoms with van der Waals surface area (Å²) in [6.07, 6.45) is 3.03. The SMILES string of the molecule is CN(CCCCCCl)C(=O)c1cc(Cl)ccc1I. The Labute approximate surface area is 132 Å². The van der Waals surface area contributed by atoms with E-state index in [1.54, 1.807) is 17.0 Å². The zero-order chi connectivity index (χ0) is 13.5. The van der Waals surface area contributed by atoms with E-state index in [1.165, 1.54) is 0 Å². The van der Waals surface area contributed by atoms with Gasteiger partial charge in [-0.3, -0.25) is 4.79 Å². The van der Waals surface area contributed by atoms with Crippen molar-refractivity contribution in [3.05, 3.63) is 32.4 Å². The lowest BCUT2D eigenvalue weighted by Gasteiger charge is -2.18. The summed E-state index contributed by atoms with van der Waals surface area (Å²) in [5.74, 6) is 0.705. The van der Waals surface area contributed by atoms with Crippen LogP contribution in [0.5, 0.6) is 0 Å². The number of hydrogen-bond donors (Lipinski definition) is 0. The van der Waals surface area contributed by atoms with Gasteiger partial charge in [0.1, 0.15) is 0 Å². The molecule has 0 aliphatic heterocycles. The van der Waals surface area contributed by atoms with Gasteiger partial charge in [0, 0.05) is 28.1 Å². The number of benzene rings is 1. The van der Waals surface area contributed by atoms with Crippen LogP contribution in [0.3, 0.4) is 0 Å². The molecule has 1 aromatic rings. The maximum Gasteiger partial charge on any atom is 0.254 e. The van der Waals surface area contributed by atoms with E-state index >= 15 is 0 Å². The molecule has 100 valence electrons. The molecule has 1 rings (SSSR count). The van der Waals surface area contributed by atoms with Gasteiger partial charge in [-0.15, -0.1) is 11.6 Å². The lowest BCUT2D eigenvalue weighted by Crippen LogP contribution is -2.28. The molecule has 0 spiro atoms. The van der Waals surface area contributed by atoms with E-state index in [0.717, 1.165) is 29.4 Å². The van der Waals surface area contributed by atoms with Gasteiger partial charge in [0.15, 0.2) is 0 Å². The Morgan fingerprint density at radius 1 is 1.33 bits per heavy atom. The average Bonchev–Trinajstić information content (AvgIpc) is 2.36. The summed E-state index contributed by atoms with van der Waals surface area (Å²) in [5, 5.41) is 0.592. The Hall–Kier alpha value is -0.000000000000000111. The van der Waals surface area contributed by atoms with Crippen LogP contribution in [0.1, 0.15) is 29.6 Å². The van der Waals surface area contributed by atoms with Gasteiger partial charge in [-0.25, -0.2) is 0 Å². The van der Waals surface area contributed by atoms with Crippen LogP contribution in [-0.4, -0.2) is 30.3 Å². The number of nitrogens with zero attached hydrogens (tertiary/aromatic N) is 1. The van der Waals surface area contributed by atoms with Crippen LogP contribution in [0.4, 0.5) is 0 Å². The summed E-state index contributed by atoms with van der Waals surface area (Å²) in [7, 11) is 1.82. The van der Waals surface area contributed by atoms with Gasteiger partial charge >= 0.3 is 0 Å². The first-order valence-electron chi connectivity index (χ1n) is 5.82. The second-order valence-corrected chi connectivity index (χ2v) is 6.08. The Bertz CT molecular complexity index is 412. The van der Waals surface area contributed by atoms with Crippen molar-refractivity contribution in [1.29, 1.82) is 0 Å². The summed E-state index contributed by atoms with van der Waals surface area (Å²) in [5.41, 5.74) is 0.669. The molecular formula is C13H16Cl2INO. The van der Waals surface area contributed by atoms with E-state index in [1.807, 2.05) is 13.1 Å². The van der Waals surface area contributed by atoms with Crippen LogP contribution < -0.4 is 0 Å². The summed E-state index contributed by atoms with van der Waals surface area (Å²) >= 11 is 13.7. The maximum atomic E-state index is 12.2. The summed E-state index contributed by atoms with van der Waals surface area (Å²) < 4.78 is 0.926. The normalized spacial score (nSPS) is 10.4. The minimum absolute atomic E-state index is 0.0211. The summed E-state index contributed by atoms with van der Waals surface area (Å²) in [6, 6.07) is 5.37. The number of alkyl halides is 1. The topological polar surface area (TPSA) is 20.3 Å². The van der Waals surface area contributed by atoms with Crippen molar-refractivity contribution < 1.29 is 4.79 Å². The lowest BCUT2D eigenvalue weighted by atomic mass is 10.2. The van der Waals surface area contributed by atoms with Crippen LogP contribution in [0.15, 0.2) is 18.2 Å². The van der Waals surface area contributed by atoms with Gasteiger partial charge in [0.05, 0.1) is 5.56 Å². The van der Waals surface area contributed by atoms with Crippen molar-refractivity contribution in [3.63, 3.8) is 0 Å². The molecule has 0 heterocycles. The summed E-state index contributed by atoms with van der Waals surface area (Å²) in [6.45, 7) is 0.748. The van der Waals surface area contributed by atoms with Crippen molar-refractivity contribution in [2.75, 3.05) is 19.5 Å². The third-order valence-electron chi connectivity index (χ3n) is 2.63. The van der Waals surface area contributed by atoms with Crippen LogP contribution in [0, 0.1) is 3.57 Å². The number of halogens is 3. The number of rotatable bonds is 6. The van der Waals surface area contributed by atoms with Crippen LogP contribution in [0.25, 0.3) is 0 Å². The molecule has 0 fully saturated rings. The van der Waals surface area contributed by atoms with Crippen LogP contribution in [-0.2, 0) is 0 Å². The van der Waals surface area contributed by atoms with E-state index in [4.69, 9.17) is 23.2 Å². The predicted molar refractivity (Wildman–Crippen MR) is 85.7 cm³/mol. The van der Waals surface area contributed by atoms with E-state index in [-0.39, 0.29) is 5.91 Å². The number of amides is 1. The van der Waals surface area contributed by atoms with E-state index in [0.29, 0.717) is 16.5 Å². The van der Waals surface area contributed by atoms with E-state index in [9.17, 15) is 4.79 Å². The molecule has 0 aromatic heterocycles. The van der Waals surface area contributed by atoms with Crippen molar-refractivity contribution in [1.82, 2.24) is 4.90 Å². The molecule has 0 saturated carbocycles. The molecule has 18 heavy (non-hydrogen) atoms. The number of unbranched alkanes of at least 4 members (excludes halogenated alkanes) is 2. The van der Waals surface area contributed by atoms with Crippen LogP contribution >= 0.6 is 45.8 Å². The van der Waals surface area contributed by atoms with Crippen molar-refractivity contribution in [2.45, 2.75) is 19.3 Å². The molecule has 0 bridgehead atoms. The lowest BCUT2D eigenvalue weighted by molar-refractivity contribution is 0.0791. The number of hydrogen-bond acceptors (Lipinski definition) is 1. The fourth-order valence-corrected chi connectivity index (χ4v) is 2.52. The molecule has 2 nitrogen and oxygen atoms in total. The molecule has 0 N–H and O–H groups in total. The Morgan fingerprint density at radius 2 is 2.06 bits per heavy atom. The Morgan fingerprint density at radius 3 is 2.72 bits per heavy atom. The fraction of sp³-hybridized carbons (Fsp3) is 0.462. The monoisotopic (exact) mass is 399 g/mol. The Kier molecular flexibility index (Phi) is 7.34. The first-order valence-corrected chi connectivity index (χ1v) is 7.82. The molecule has 0 atom stereocenters. The first-order chi connectivity index (χ1) is 8.56. The predicted octanol–water partition coefficient (Wildman–Crippen LogP) is 4.43. The minimum Gasteiger partial charge on any atom is -0.342 e. The van der Waals surface area contributed by atoms with E-state index in [2.05, 4.69) is 22.6 Å². The average molecular weight is 400 g/mol. The fourth-order valence-electron chi connectivity index (χ4n) is 1.59. The minimum atomic E-state index is 0.0211. The number of carbonyl (C=O) groups excluding carboxylic acids is 1. The quantitative estimate of drug-likeness (QED) is 0.393. The van der Waals surface area contributed by atoms with Crippen LogP contribution in [0.2, 0.25) is 5.02 Å². The standard InChI is InChI=1S/C13H16Cl2INO/c1-17(8-4-2-3-7-14)13(18)11-9-10(15)5-6-12(11)16/h5-6,9H,2-4,7-8H2,1H3. The third kappa shape index (κ3) is 4.94. The number of carbonyl (C=O) groups is 1. The highest BCUT2D eigenvalue weighted by Crippen LogP contribution is 2.19. The zero-order valence-electron chi connectivity index (χ0n) is 10.3. The molecule has 0 saturated heterocycles. The zero-order valence-corrected chi connectivity index (χ0v) is 13.9. The molecule has 0 unspecified atom stereocenters. The van der Waals surface area contributed by atoms with Gasteiger partial charge in [-0.05, 0) is 53.6 Å². The second-order valence-electron chi connectivity index (χ2n) is 4.10. The summed E-state index contributed by atoms with van der Waals surface area (Å²) in [4.78, 5) is 14.0. The second kappa shape index (κ2) is 8.23. The van der Waals surface area contributed by atoms with Gasteiger partial charge < -0.3 is 4.90 Å². The molecule has 0 aliphatic carbocycles. The largest absolute Gasteiger partial charge is 0.342 e. The Balaban J connectivity index is 2.60. The van der Waals surface area contributed by atoms with Crippen molar-refractivity contribution in [3.8, 4) is 0 Å². The highest BCUT2D eigenvalue weighted by Gasteiger charge is 2.14. The van der Waals surface area contributed by atoms with E-state index < -0.39 is 0 Å². The molecule has 5 heteroatoms. The molecule has 1 amide bonds. The van der Waals surface area contributed by atoms with Crippen molar-refractivity contribution >= 4 is 51.7 Å². The molecule has 0 aliphatic rings. The molecule has 1 aromatic carbocycles. The van der Waals surface area contributed by atoms with Gasteiger partial charge in [0.25, 0.3) is 5.91 Å². The first kappa shape index (κ1) is 16.1. The smallest absolute Gasteiger partial charge is 0.254 e. The van der Waals surface area contributed by atoms with Gasteiger partial charge in [0.2, 0.25) is 0 Å². The third-order valence-corrected chi connectivity index (χ3v) is 4.08. The van der Waals surface area contributed by atoms with Gasteiger partial charge in [-0.2, -0.15) is 0 Å².